The number of rotatable bonds is 9. The summed E-state index contributed by atoms with van der Waals surface area (Å²) in [5.41, 5.74) is -0.0392. The van der Waals surface area contributed by atoms with Gasteiger partial charge in [0.25, 0.3) is 6.48 Å². The van der Waals surface area contributed by atoms with Crippen molar-refractivity contribution in [2.45, 2.75) is 32.0 Å². The average Bonchev–Trinajstić information content (AvgIpc) is 3.27. The highest BCUT2D eigenvalue weighted by Crippen LogP contribution is 2.34. The van der Waals surface area contributed by atoms with Crippen LogP contribution in [0.4, 0.5) is 5.82 Å². The topological polar surface area (TPSA) is 161 Å². The van der Waals surface area contributed by atoms with Gasteiger partial charge in [0.05, 0.1) is 12.1 Å². The van der Waals surface area contributed by atoms with E-state index in [0.717, 1.165) is 6.42 Å². The molecule has 0 radical (unpaired) electrons. The van der Waals surface area contributed by atoms with Crippen LogP contribution in [0, 0.1) is 6.92 Å². The van der Waals surface area contributed by atoms with Gasteiger partial charge in [-0.05, 0) is 20.4 Å². The van der Waals surface area contributed by atoms with Crippen molar-refractivity contribution in [2.75, 3.05) is 37.9 Å². The molecule has 2 aromatic heterocycles. The number of hydrogen-bond donors (Lipinski definition) is 4. The zero-order chi connectivity index (χ0) is 20.4. The first-order valence-electron chi connectivity index (χ1n) is 8.75. The van der Waals surface area contributed by atoms with Gasteiger partial charge < -0.3 is 25.0 Å². The van der Waals surface area contributed by atoms with Crippen molar-refractivity contribution in [3.05, 3.63) is 12.2 Å². The van der Waals surface area contributed by atoms with Gasteiger partial charge in [0, 0.05) is 19.6 Å². The Morgan fingerprint density at radius 1 is 1.43 bits per heavy atom. The summed E-state index contributed by atoms with van der Waals surface area (Å²) >= 11 is 0. The van der Waals surface area contributed by atoms with E-state index in [9.17, 15) is 8.42 Å². The maximum atomic E-state index is 11.6. The number of sulfonamides is 1. The van der Waals surface area contributed by atoms with E-state index in [1.807, 2.05) is 0 Å². The molecule has 1 saturated heterocycles. The molecule has 13 heteroatoms. The lowest BCUT2D eigenvalue weighted by molar-refractivity contribution is -0.265. The molecule has 3 heterocycles. The van der Waals surface area contributed by atoms with Gasteiger partial charge in [-0.25, -0.2) is 28.1 Å². The molecule has 2 aromatic rings. The second-order valence-electron chi connectivity index (χ2n) is 6.39. The summed E-state index contributed by atoms with van der Waals surface area (Å²) < 4.78 is 38.0. The van der Waals surface area contributed by atoms with Crippen molar-refractivity contribution < 1.29 is 28.1 Å². The van der Waals surface area contributed by atoms with Crippen LogP contribution in [0.25, 0.3) is 11.2 Å². The van der Waals surface area contributed by atoms with E-state index in [2.05, 4.69) is 25.0 Å². The molecule has 1 atom stereocenters. The van der Waals surface area contributed by atoms with E-state index < -0.39 is 22.2 Å². The van der Waals surface area contributed by atoms with Crippen molar-refractivity contribution in [2.24, 2.45) is 0 Å². The number of ether oxygens (including phenoxy) is 2. The van der Waals surface area contributed by atoms with Gasteiger partial charge in [-0.15, -0.1) is 0 Å². The lowest BCUT2D eigenvalue weighted by atomic mass is 10.1. The highest BCUT2D eigenvalue weighted by atomic mass is 32.2. The smallest absolute Gasteiger partial charge is 0.266 e. The molecule has 0 aromatic carbocycles. The lowest BCUT2D eigenvalue weighted by Gasteiger charge is -2.30. The number of aryl methyl sites for hydroxylation is 1. The Morgan fingerprint density at radius 3 is 2.86 bits per heavy atom. The van der Waals surface area contributed by atoms with Gasteiger partial charge in [-0.2, -0.15) is 0 Å². The highest BCUT2D eigenvalue weighted by Gasteiger charge is 2.40. The fourth-order valence-electron chi connectivity index (χ4n) is 3.10. The minimum absolute atomic E-state index is 0.0949. The van der Waals surface area contributed by atoms with Crippen molar-refractivity contribution >= 4 is 27.0 Å². The van der Waals surface area contributed by atoms with E-state index in [0.29, 0.717) is 35.8 Å². The third-order valence-corrected chi connectivity index (χ3v) is 5.83. The first-order chi connectivity index (χ1) is 13.3. The molecule has 0 amide bonds. The SMILES string of the molecule is CNS(=O)(=O)CCNc1nc(C)nc2c1ncn2C1(COC(O)O)CCCO1. The molecule has 4 N–H and O–H groups in total. The number of aliphatic hydroxyl groups excluding tert-OH is 1. The molecule has 1 aliphatic heterocycles. The molecule has 0 aliphatic carbocycles. The van der Waals surface area contributed by atoms with Gasteiger partial charge in [0.2, 0.25) is 10.0 Å². The lowest BCUT2D eigenvalue weighted by Crippen LogP contribution is -2.39. The minimum Gasteiger partial charge on any atom is -0.367 e. The number of anilines is 1. The predicted molar refractivity (Wildman–Crippen MR) is 98.7 cm³/mol. The summed E-state index contributed by atoms with van der Waals surface area (Å²) in [6.45, 7) is 0.328. The third-order valence-electron chi connectivity index (χ3n) is 4.46. The first kappa shape index (κ1) is 20.8. The maximum Gasteiger partial charge on any atom is 0.266 e. The average molecular weight is 416 g/mol. The Kier molecular flexibility index (Phi) is 6.12. The molecule has 0 saturated carbocycles. The predicted octanol–water partition coefficient (Wildman–Crippen LogP) is -1.16. The molecular formula is C15H24N6O6S. The first-order valence-corrected chi connectivity index (χ1v) is 10.4. The molecule has 3 rings (SSSR count). The highest BCUT2D eigenvalue weighted by molar-refractivity contribution is 7.89. The Morgan fingerprint density at radius 2 is 2.21 bits per heavy atom. The van der Waals surface area contributed by atoms with Crippen LogP contribution < -0.4 is 10.0 Å². The number of aliphatic hydroxyl groups is 2. The fourth-order valence-corrected chi connectivity index (χ4v) is 3.67. The van der Waals surface area contributed by atoms with E-state index in [1.165, 1.54) is 13.4 Å². The van der Waals surface area contributed by atoms with E-state index >= 15 is 0 Å². The number of nitrogens with one attached hydrogen (secondary N) is 2. The summed E-state index contributed by atoms with van der Waals surface area (Å²) in [6.07, 6.45) is 2.88. The van der Waals surface area contributed by atoms with E-state index in [1.54, 1.807) is 11.5 Å². The Hall–Kier alpha value is -1.90. The van der Waals surface area contributed by atoms with Crippen LogP contribution in [-0.2, 0) is 25.2 Å². The summed E-state index contributed by atoms with van der Waals surface area (Å²) in [6, 6.07) is 0. The van der Waals surface area contributed by atoms with Gasteiger partial charge in [0.1, 0.15) is 12.4 Å². The Bertz CT molecular complexity index is 924. The number of nitrogens with zero attached hydrogens (tertiary/aromatic N) is 4. The van der Waals surface area contributed by atoms with Crippen LogP contribution in [0.15, 0.2) is 6.33 Å². The molecule has 12 nitrogen and oxygen atoms in total. The molecule has 1 fully saturated rings. The van der Waals surface area contributed by atoms with Crippen molar-refractivity contribution in [1.29, 1.82) is 0 Å². The molecule has 0 bridgehead atoms. The van der Waals surface area contributed by atoms with Crippen LogP contribution in [0.1, 0.15) is 18.7 Å². The summed E-state index contributed by atoms with van der Waals surface area (Å²) in [5, 5.41) is 21.1. The molecule has 0 spiro atoms. The van der Waals surface area contributed by atoms with Gasteiger partial charge in [-0.3, -0.25) is 4.57 Å². The Balaban J connectivity index is 1.92. The van der Waals surface area contributed by atoms with E-state index in [4.69, 9.17) is 19.7 Å². The number of hydrogen-bond acceptors (Lipinski definition) is 10. The van der Waals surface area contributed by atoms with Crippen LogP contribution in [0.5, 0.6) is 0 Å². The second kappa shape index (κ2) is 8.23. The van der Waals surface area contributed by atoms with E-state index in [-0.39, 0.29) is 18.9 Å². The monoisotopic (exact) mass is 416 g/mol. The Labute approximate surface area is 162 Å². The van der Waals surface area contributed by atoms with Crippen LogP contribution in [0.3, 0.4) is 0 Å². The number of fused-ring (bicyclic) bond motifs is 1. The maximum absolute atomic E-state index is 11.6. The fraction of sp³-hybridized carbons (Fsp3) is 0.667. The molecule has 28 heavy (non-hydrogen) atoms. The zero-order valence-electron chi connectivity index (χ0n) is 15.6. The van der Waals surface area contributed by atoms with Crippen molar-refractivity contribution in [1.82, 2.24) is 24.2 Å². The zero-order valence-corrected chi connectivity index (χ0v) is 16.4. The van der Waals surface area contributed by atoms with Gasteiger partial charge in [-0.1, -0.05) is 0 Å². The van der Waals surface area contributed by atoms with Crippen LogP contribution >= 0.6 is 0 Å². The number of imidazole rings is 1. The van der Waals surface area contributed by atoms with Crippen molar-refractivity contribution in [3.63, 3.8) is 0 Å². The molecule has 156 valence electrons. The van der Waals surface area contributed by atoms with Gasteiger partial charge >= 0.3 is 0 Å². The molecule has 1 unspecified atom stereocenters. The standard InChI is InChI=1S/C15H24N6O6S/c1-10-19-12(17-5-7-28(24,25)16-2)11-13(20-10)21(9-18-11)15(4-3-6-27-15)8-26-14(22)23/h9,14,16,22-23H,3-8H2,1-2H3,(H,17,19,20). The second-order valence-corrected chi connectivity index (χ2v) is 8.44. The quantitative estimate of drug-likeness (QED) is 0.367. The van der Waals surface area contributed by atoms with Crippen LogP contribution in [-0.4, -0.2) is 77.2 Å². The minimum atomic E-state index is -3.35. The largest absolute Gasteiger partial charge is 0.367 e. The summed E-state index contributed by atoms with van der Waals surface area (Å²) in [7, 11) is -1.99. The summed E-state index contributed by atoms with van der Waals surface area (Å²) in [5.74, 6) is 0.748. The normalized spacial score (nSPS) is 20.3. The van der Waals surface area contributed by atoms with Crippen molar-refractivity contribution in [3.8, 4) is 0 Å². The summed E-state index contributed by atoms with van der Waals surface area (Å²) in [4.78, 5) is 13.1. The molecule has 1 aliphatic rings. The third kappa shape index (κ3) is 4.39. The number of aromatic nitrogens is 4. The van der Waals surface area contributed by atoms with Gasteiger partial charge in [0.15, 0.2) is 22.7 Å². The molecular weight excluding hydrogens is 392 g/mol. The van der Waals surface area contributed by atoms with Crippen LogP contribution in [0.2, 0.25) is 0 Å².